The maximum absolute atomic E-state index is 13.7. The molecule has 0 saturated carbocycles. The first-order valence-corrected chi connectivity index (χ1v) is 13.1. The van der Waals surface area contributed by atoms with Gasteiger partial charge in [-0.3, -0.25) is 13.9 Å². The molecule has 0 aliphatic rings. The fourth-order valence-electron chi connectivity index (χ4n) is 4.07. The van der Waals surface area contributed by atoms with Gasteiger partial charge in [-0.1, -0.05) is 55.5 Å². The van der Waals surface area contributed by atoms with Crippen LogP contribution < -0.4 is 14.4 Å². The number of hydrogen-bond acceptors (Lipinski definition) is 5. The first kappa shape index (κ1) is 26.0. The van der Waals surface area contributed by atoms with Gasteiger partial charge in [0.2, 0.25) is 21.8 Å². The van der Waals surface area contributed by atoms with Gasteiger partial charge in [-0.2, -0.15) is 0 Å². The number of amides is 2. The van der Waals surface area contributed by atoms with Crippen LogP contribution in [0.3, 0.4) is 0 Å². The summed E-state index contributed by atoms with van der Waals surface area (Å²) in [6.45, 7) is 1.49. The minimum Gasteiger partial charge on any atom is -0.497 e. The fourth-order valence-corrected chi connectivity index (χ4v) is 4.94. The summed E-state index contributed by atoms with van der Waals surface area (Å²) in [7, 11) is -0.751. The second kappa shape index (κ2) is 11.2. The molecule has 1 atom stereocenters. The van der Waals surface area contributed by atoms with E-state index in [0.717, 1.165) is 21.5 Å². The first-order chi connectivity index (χ1) is 16.7. The van der Waals surface area contributed by atoms with Crippen molar-refractivity contribution in [3.05, 3.63) is 72.3 Å². The van der Waals surface area contributed by atoms with Crippen molar-refractivity contribution in [3.8, 4) is 5.75 Å². The molecular weight excluding hydrogens is 466 g/mol. The van der Waals surface area contributed by atoms with E-state index in [4.69, 9.17) is 4.74 Å². The van der Waals surface area contributed by atoms with Gasteiger partial charge in [-0.25, -0.2) is 8.42 Å². The van der Waals surface area contributed by atoms with Gasteiger partial charge in [0, 0.05) is 19.0 Å². The maximum atomic E-state index is 13.7. The lowest BCUT2D eigenvalue weighted by Gasteiger charge is -2.33. The van der Waals surface area contributed by atoms with Crippen LogP contribution in [0, 0.1) is 0 Å². The molecule has 2 amide bonds. The van der Waals surface area contributed by atoms with Crippen molar-refractivity contribution < 1.29 is 22.7 Å². The summed E-state index contributed by atoms with van der Waals surface area (Å²) < 4.78 is 32.1. The predicted molar refractivity (Wildman–Crippen MR) is 138 cm³/mol. The van der Waals surface area contributed by atoms with Crippen molar-refractivity contribution in [2.75, 3.05) is 31.3 Å². The van der Waals surface area contributed by atoms with E-state index in [0.29, 0.717) is 23.2 Å². The molecule has 1 unspecified atom stereocenters. The predicted octanol–water partition coefficient (Wildman–Crippen LogP) is 3.17. The molecule has 0 saturated heterocycles. The summed E-state index contributed by atoms with van der Waals surface area (Å²) in [4.78, 5) is 27.8. The third-order valence-corrected chi connectivity index (χ3v) is 6.96. The van der Waals surface area contributed by atoms with E-state index in [1.54, 1.807) is 37.4 Å². The number of methoxy groups -OCH3 is 1. The lowest BCUT2D eigenvalue weighted by atomic mass is 10.1. The standard InChI is InChI=1S/C26H31N3O5S/c1-5-23(26(31)27-2)28(17-19-10-8-13-21(16-19)34-3)25(30)18-29(35(4,32)33)24-15-9-12-20-11-6-7-14-22(20)24/h6-16,23H,5,17-18H2,1-4H3,(H,27,31). The van der Waals surface area contributed by atoms with Crippen molar-refractivity contribution in [2.24, 2.45) is 0 Å². The Morgan fingerprint density at radius 3 is 2.37 bits per heavy atom. The molecular formula is C26H31N3O5S. The number of hydrogen-bond donors (Lipinski definition) is 1. The number of benzene rings is 3. The highest BCUT2D eigenvalue weighted by Crippen LogP contribution is 2.29. The second-order valence-corrected chi connectivity index (χ2v) is 10.1. The molecule has 186 valence electrons. The van der Waals surface area contributed by atoms with Gasteiger partial charge in [-0.15, -0.1) is 0 Å². The van der Waals surface area contributed by atoms with Gasteiger partial charge in [-0.05, 0) is 35.6 Å². The SMILES string of the molecule is CCC(C(=O)NC)N(Cc1cccc(OC)c1)C(=O)CN(c1cccc2ccccc12)S(C)(=O)=O. The Kier molecular flexibility index (Phi) is 8.34. The van der Waals surface area contributed by atoms with E-state index in [2.05, 4.69) is 5.32 Å². The number of nitrogens with one attached hydrogen (secondary N) is 1. The molecule has 9 heteroatoms. The Morgan fingerprint density at radius 1 is 1.03 bits per heavy atom. The van der Waals surface area contributed by atoms with Gasteiger partial charge >= 0.3 is 0 Å². The first-order valence-electron chi connectivity index (χ1n) is 11.3. The van der Waals surface area contributed by atoms with E-state index in [1.165, 1.54) is 11.9 Å². The van der Waals surface area contributed by atoms with Crippen LogP contribution >= 0.6 is 0 Å². The molecule has 1 N–H and O–H groups in total. The minimum absolute atomic E-state index is 0.120. The zero-order chi connectivity index (χ0) is 25.6. The summed E-state index contributed by atoms with van der Waals surface area (Å²) in [6, 6.07) is 19.2. The summed E-state index contributed by atoms with van der Waals surface area (Å²) in [6.07, 6.45) is 1.44. The highest BCUT2D eigenvalue weighted by Gasteiger charge is 2.31. The third-order valence-electron chi connectivity index (χ3n) is 5.83. The van der Waals surface area contributed by atoms with E-state index in [9.17, 15) is 18.0 Å². The lowest BCUT2D eigenvalue weighted by Crippen LogP contribution is -2.51. The maximum Gasteiger partial charge on any atom is 0.244 e. The quantitative estimate of drug-likeness (QED) is 0.464. The molecule has 3 rings (SSSR count). The second-order valence-electron chi connectivity index (χ2n) is 8.18. The van der Waals surface area contributed by atoms with Crippen LogP contribution in [0.5, 0.6) is 5.75 Å². The third kappa shape index (κ3) is 6.10. The van der Waals surface area contributed by atoms with Crippen LogP contribution in [0.15, 0.2) is 66.7 Å². The van der Waals surface area contributed by atoms with Crippen LogP contribution in [0.2, 0.25) is 0 Å². The van der Waals surface area contributed by atoms with Crippen molar-refractivity contribution in [3.63, 3.8) is 0 Å². The average Bonchev–Trinajstić information content (AvgIpc) is 2.86. The molecule has 35 heavy (non-hydrogen) atoms. The molecule has 3 aromatic rings. The summed E-state index contributed by atoms with van der Waals surface area (Å²) in [5.74, 6) is -0.183. The number of likely N-dealkylation sites (N-methyl/N-ethyl adjacent to an activating group) is 1. The number of carbonyl (C=O) groups excluding carboxylic acids is 2. The van der Waals surface area contributed by atoms with E-state index >= 15 is 0 Å². The molecule has 0 aromatic heterocycles. The molecule has 0 radical (unpaired) electrons. The molecule has 8 nitrogen and oxygen atoms in total. The highest BCUT2D eigenvalue weighted by atomic mass is 32.2. The number of sulfonamides is 1. The largest absolute Gasteiger partial charge is 0.497 e. The zero-order valence-corrected chi connectivity index (χ0v) is 21.2. The van der Waals surface area contributed by atoms with E-state index < -0.39 is 28.5 Å². The Morgan fingerprint density at radius 2 is 1.71 bits per heavy atom. The normalized spacial score (nSPS) is 12.1. The summed E-state index contributed by atoms with van der Waals surface area (Å²) in [5, 5.41) is 4.18. The van der Waals surface area contributed by atoms with Crippen molar-refractivity contribution in [2.45, 2.75) is 25.9 Å². The Balaban J connectivity index is 2.03. The molecule has 0 heterocycles. The van der Waals surface area contributed by atoms with Crippen molar-refractivity contribution >= 4 is 38.3 Å². The number of nitrogens with zero attached hydrogens (tertiary/aromatic N) is 2. The number of ether oxygens (including phenoxy) is 1. The molecule has 0 spiro atoms. The van der Waals surface area contributed by atoms with Gasteiger partial charge in [0.15, 0.2) is 0 Å². The number of rotatable bonds is 10. The Bertz CT molecular complexity index is 1300. The minimum atomic E-state index is -3.81. The van der Waals surface area contributed by atoms with Crippen LogP contribution in [0.4, 0.5) is 5.69 Å². The van der Waals surface area contributed by atoms with Crippen LogP contribution in [-0.4, -0.2) is 58.1 Å². The van der Waals surface area contributed by atoms with E-state index in [-0.39, 0.29) is 12.5 Å². The summed E-state index contributed by atoms with van der Waals surface area (Å²) >= 11 is 0. The van der Waals surface area contributed by atoms with Gasteiger partial charge < -0.3 is 15.0 Å². The smallest absolute Gasteiger partial charge is 0.244 e. The topological polar surface area (TPSA) is 96.0 Å². The highest BCUT2D eigenvalue weighted by molar-refractivity contribution is 7.92. The molecule has 0 aliphatic carbocycles. The molecule has 0 bridgehead atoms. The summed E-state index contributed by atoms with van der Waals surface area (Å²) in [5.41, 5.74) is 1.17. The van der Waals surface area contributed by atoms with Gasteiger partial charge in [0.05, 0.1) is 19.1 Å². The number of fused-ring (bicyclic) bond motifs is 1. The van der Waals surface area contributed by atoms with E-state index in [1.807, 2.05) is 43.3 Å². The van der Waals surface area contributed by atoms with Crippen molar-refractivity contribution in [1.82, 2.24) is 10.2 Å². The van der Waals surface area contributed by atoms with Crippen LogP contribution in [0.25, 0.3) is 10.8 Å². The average molecular weight is 498 g/mol. The van der Waals surface area contributed by atoms with Crippen LogP contribution in [-0.2, 0) is 26.2 Å². The van der Waals surface area contributed by atoms with Crippen LogP contribution in [0.1, 0.15) is 18.9 Å². The Labute approximate surface area is 206 Å². The number of carbonyl (C=O) groups is 2. The van der Waals surface area contributed by atoms with Gasteiger partial charge in [0.25, 0.3) is 0 Å². The molecule has 3 aromatic carbocycles. The lowest BCUT2D eigenvalue weighted by molar-refractivity contribution is -0.140. The molecule has 0 aliphatic heterocycles. The van der Waals surface area contributed by atoms with Crippen molar-refractivity contribution in [1.29, 1.82) is 0 Å². The Hall–Kier alpha value is -3.59. The number of anilines is 1. The fraction of sp³-hybridized carbons (Fsp3) is 0.308. The monoisotopic (exact) mass is 497 g/mol. The zero-order valence-electron chi connectivity index (χ0n) is 20.4. The molecule has 0 fully saturated rings. The van der Waals surface area contributed by atoms with Gasteiger partial charge in [0.1, 0.15) is 18.3 Å².